The zero-order chi connectivity index (χ0) is 18.7. The molecule has 3 rings (SSSR count). The molecule has 0 saturated heterocycles. The fourth-order valence-electron chi connectivity index (χ4n) is 2.84. The number of methoxy groups -OCH3 is 1. The number of hydrogen-bond acceptors (Lipinski definition) is 1. The lowest BCUT2D eigenvalue weighted by Crippen LogP contribution is -1.96. The average molecular weight is 356 g/mol. The Morgan fingerprint density at radius 3 is 2.08 bits per heavy atom. The van der Waals surface area contributed by atoms with E-state index in [9.17, 15) is 13.2 Å². The summed E-state index contributed by atoms with van der Waals surface area (Å²) in [5.41, 5.74) is 3.39. The minimum absolute atomic E-state index is 0.117. The summed E-state index contributed by atoms with van der Waals surface area (Å²) in [4.78, 5) is 0. The maximum Gasteiger partial charge on any atom is 0.201 e. The SMILES string of the molecule is COc1ccc(-c2ccc(CCc3ccc(C)c(F)c3)cc2)c(F)c1F. The summed E-state index contributed by atoms with van der Waals surface area (Å²) in [6.07, 6.45) is 1.45. The molecule has 0 aromatic heterocycles. The number of ether oxygens (including phenoxy) is 1. The van der Waals surface area contributed by atoms with Crippen molar-refractivity contribution >= 4 is 0 Å². The largest absolute Gasteiger partial charge is 0.494 e. The highest BCUT2D eigenvalue weighted by molar-refractivity contribution is 5.65. The molecule has 0 saturated carbocycles. The summed E-state index contributed by atoms with van der Waals surface area (Å²) in [5.74, 6) is -2.23. The van der Waals surface area contributed by atoms with Crippen molar-refractivity contribution in [1.29, 1.82) is 0 Å². The molecule has 0 atom stereocenters. The summed E-state index contributed by atoms with van der Waals surface area (Å²) < 4.78 is 46.4. The van der Waals surface area contributed by atoms with E-state index in [0.717, 1.165) is 17.5 Å². The predicted molar refractivity (Wildman–Crippen MR) is 96.9 cm³/mol. The highest BCUT2D eigenvalue weighted by Gasteiger charge is 2.15. The van der Waals surface area contributed by atoms with Gasteiger partial charge in [-0.05, 0) is 60.2 Å². The van der Waals surface area contributed by atoms with Crippen LogP contribution < -0.4 is 4.74 Å². The fourth-order valence-corrected chi connectivity index (χ4v) is 2.84. The van der Waals surface area contributed by atoms with Crippen LogP contribution in [0, 0.1) is 24.4 Å². The van der Waals surface area contributed by atoms with Crippen LogP contribution in [0.2, 0.25) is 0 Å². The number of benzene rings is 3. The van der Waals surface area contributed by atoms with Gasteiger partial charge in [-0.2, -0.15) is 4.39 Å². The van der Waals surface area contributed by atoms with Crippen LogP contribution in [0.5, 0.6) is 5.75 Å². The Morgan fingerprint density at radius 2 is 1.42 bits per heavy atom. The van der Waals surface area contributed by atoms with Gasteiger partial charge in [-0.1, -0.05) is 36.4 Å². The predicted octanol–water partition coefficient (Wildman–Crippen LogP) is 5.87. The van der Waals surface area contributed by atoms with Gasteiger partial charge in [-0.25, -0.2) is 8.78 Å². The van der Waals surface area contributed by atoms with E-state index >= 15 is 0 Å². The zero-order valence-corrected chi connectivity index (χ0v) is 14.7. The van der Waals surface area contributed by atoms with Crippen molar-refractivity contribution < 1.29 is 17.9 Å². The van der Waals surface area contributed by atoms with E-state index in [1.807, 2.05) is 18.2 Å². The lowest BCUT2D eigenvalue weighted by molar-refractivity contribution is 0.372. The molecule has 3 aromatic carbocycles. The molecule has 0 unspecified atom stereocenters. The van der Waals surface area contributed by atoms with E-state index < -0.39 is 11.6 Å². The smallest absolute Gasteiger partial charge is 0.201 e. The lowest BCUT2D eigenvalue weighted by Gasteiger charge is -2.09. The number of halogens is 3. The normalized spacial score (nSPS) is 10.8. The van der Waals surface area contributed by atoms with Gasteiger partial charge < -0.3 is 4.74 Å². The lowest BCUT2D eigenvalue weighted by atomic mass is 9.99. The van der Waals surface area contributed by atoms with Crippen molar-refractivity contribution in [2.24, 2.45) is 0 Å². The average Bonchev–Trinajstić information content (AvgIpc) is 2.65. The van der Waals surface area contributed by atoms with Gasteiger partial charge in [-0.15, -0.1) is 0 Å². The minimum atomic E-state index is -0.990. The van der Waals surface area contributed by atoms with Crippen molar-refractivity contribution in [3.05, 3.63) is 88.7 Å². The molecule has 3 aromatic rings. The van der Waals surface area contributed by atoms with E-state index in [1.165, 1.54) is 19.2 Å². The molecule has 0 heterocycles. The fraction of sp³-hybridized carbons (Fsp3) is 0.182. The van der Waals surface area contributed by atoms with Crippen molar-refractivity contribution in [3.8, 4) is 16.9 Å². The first-order valence-corrected chi connectivity index (χ1v) is 8.36. The second kappa shape index (κ2) is 7.65. The van der Waals surface area contributed by atoms with Crippen LogP contribution in [-0.2, 0) is 12.8 Å². The van der Waals surface area contributed by atoms with Crippen molar-refractivity contribution in [2.75, 3.05) is 7.11 Å². The van der Waals surface area contributed by atoms with Crippen LogP contribution in [0.4, 0.5) is 13.2 Å². The van der Waals surface area contributed by atoms with Crippen molar-refractivity contribution in [1.82, 2.24) is 0 Å². The molecule has 0 radical (unpaired) electrons. The molecule has 0 aliphatic heterocycles. The molecule has 0 N–H and O–H groups in total. The Kier molecular flexibility index (Phi) is 5.31. The first-order valence-electron chi connectivity index (χ1n) is 8.36. The van der Waals surface area contributed by atoms with Gasteiger partial charge >= 0.3 is 0 Å². The molecule has 0 fully saturated rings. The Morgan fingerprint density at radius 1 is 0.769 bits per heavy atom. The summed E-state index contributed by atoms with van der Waals surface area (Å²) in [5, 5.41) is 0. The molecular weight excluding hydrogens is 337 g/mol. The van der Waals surface area contributed by atoms with E-state index in [0.29, 0.717) is 17.5 Å². The summed E-state index contributed by atoms with van der Waals surface area (Å²) >= 11 is 0. The Bertz CT molecular complexity index is 917. The molecule has 0 aliphatic rings. The molecule has 0 amide bonds. The van der Waals surface area contributed by atoms with Crippen LogP contribution in [0.3, 0.4) is 0 Å². The molecule has 134 valence electrons. The molecule has 26 heavy (non-hydrogen) atoms. The monoisotopic (exact) mass is 356 g/mol. The van der Waals surface area contributed by atoms with Gasteiger partial charge in [0.15, 0.2) is 11.6 Å². The van der Waals surface area contributed by atoms with Crippen molar-refractivity contribution in [3.63, 3.8) is 0 Å². The summed E-state index contributed by atoms with van der Waals surface area (Å²) in [7, 11) is 1.30. The highest BCUT2D eigenvalue weighted by Crippen LogP contribution is 2.30. The number of rotatable bonds is 5. The molecule has 0 spiro atoms. The quantitative estimate of drug-likeness (QED) is 0.555. The molecular formula is C22H19F3O. The van der Waals surface area contributed by atoms with Crippen LogP contribution in [0.25, 0.3) is 11.1 Å². The Labute approximate surface area is 151 Å². The topological polar surface area (TPSA) is 9.23 Å². The summed E-state index contributed by atoms with van der Waals surface area (Å²) in [6, 6.07) is 15.4. The van der Waals surface area contributed by atoms with Gasteiger partial charge in [-0.3, -0.25) is 0 Å². The van der Waals surface area contributed by atoms with E-state index in [4.69, 9.17) is 4.74 Å². The van der Waals surface area contributed by atoms with Gasteiger partial charge in [0.05, 0.1) is 7.11 Å². The van der Waals surface area contributed by atoms with Gasteiger partial charge in [0.2, 0.25) is 5.82 Å². The van der Waals surface area contributed by atoms with Gasteiger partial charge in [0.1, 0.15) is 5.82 Å². The molecule has 4 heteroatoms. The van der Waals surface area contributed by atoms with E-state index in [2.05, 4.69) is 0 Å². The van der Waals surface area contributed by atoms with Crippen LogP contribution in [0.15, 0.2) is 54.6 Å². The van der Waals surface area contributed by atoms with Crippen LogP contribution in [0.1, 0.15) is 16.7 Å². The Hall–Kier alpha value is -2.75. The third-order valence-electron chi connectivity index (χ3n) is 4.47. The molecule has 0 aliphatic carbocycles. The van der Waals surface area contributed by atoms with Crippen molar-refractivity contribution in [2.45, 2.75) is 19.8 Å². The van der Waals surface area contributed by atoms with Gasteiger partial charge in [0, 0.05) is 5.56 Å². The third-order valence-corrected chi connectivity index (χ3v) is 4.47. The van der Waals surface area contributed by atoms with E-state index in [-0.39, 0.29) is 17.1 Å². The second-order valence-corrected chi connectivity index (χ2v) is 6.22. The maximum absolute atomic E-state index is 14.2. The second-order valence-electron chi connectivity index (χ2n) is 6.22. The van der Waals surface area contributed by atoms with Gasteiger partial charge in [0.25, 0.3) is 0 Å². The maximum atomic E-state index is 14.2. The zero-order valence-electron chi connectivity index (χ0n) is 14.7. The molecule has 1 nitrogen and oxygen atoms in total. The Balaban J connectivity index is 1.74. The standard InChI is InChI=1S/C22H19F3O/c1-14-3-4-16(13-19(14)23)6-5-15-7-9-17(10-8-15)18-11-12-20(26-2)22(25)21(18)24/h3-4,7-13H,5-6H2,1-2H3. The molecule has 0 bridgehead atoms. The summed E-state index contributed by atoms with van der Waals surface area (Å²) in [6.45, 7) is 1.74. The first-order chi connectivity index (χ1) is 12.5. The van der Waals surface area contributed by atoms with Crippen LogP contribution >= 0.6 is 0 Å². The number of aryl methyl sites for hydroxylation is 3. The van der Waals surface area contributed by atoms with Crippen LogP contribution in [-0.4, -0.2) is 7.11 Å². The van der Waals surface area contributed by atoms with E-state index in [1.54, 1.807) is 31.2 Å². The first kappa shape index (κ1) is 18.1. The highest BCUT2D eigenvalue weighted by atomic mass is 19.2. The minimum Gasteiger partial charge on any atom is -0.494 e. The number of hydrogen-bond donors (Lipinski definition) is 0. The third kappa shape index (κ3) is 3.74.